The van der Waals surface area contributed by atoms with Crippen LogP contribution in [0.15, 0.2) is 41.9 Å². The SMILES string of the molecule is C=CCNC(=NC)NCC(C)Oc1cccc(F)c1. The summed E-state index contributed by atoms with van der Waals surface area (Å²) >= 11 is 0. The molecule has 0 aliphatic rings. The molecule has 0 fully saturated rings. The summed E-state index contributed by atoms with van der Waals surface area (Å²) in [6.45, 7) is 6.72. The maximum absolute atomic E-state index is 13.0. The highest BCUT2D eigenvalue weighted by atomic mass is 19.1. The fraction of sp³-hybridized carbons (Fsp3) is 0.357. The Bertz CT molecular complexity index is 434. The molecule has 0 aliphatic heterocycles. The van der Waals surface area contributed by atoms with Crippen LogP contribution in [0.3, 0.4) is 0 Å². The molecular weight excluding hydrogens is 245 g/mol. The highest BCUT2D eigenvalue weighted by molar-refractivity contribution is 5.79. The largest absolute Gasteiger partial charge is 0.489 e. The lowest BCUT2D eigenvalue weighted by molar-refractivity contribution is 0.223. The summed E-state index contributed by atoms with van der Waals surface area (Å²) in [6.07, 6.45) is 1.64. The van der Waals surface area contributed by atoms with Crippen molar-refractivity contribution < 1.29 is 9.13 Å². The van der Waals surface area contributed by atoms with Crippen LogP contribution in [0.5, 0.6) is 5.75 Å². The molecule has 1 atom stereocenters. The Morgan fingerprint density at radius 1 is 1.53 bits per heavy atom. The van der Waals surface area contributed by atoms with Gasteiger partial charge < -0.3 is 15.4 Å². The second-order valence-corrected chi connectivity index (χ2v) is 4.01. The number of nitrogens with zero attached hydrogens (tertiary/aromatic N) is 1. The molecule has 104 valence electrons. The van der Waals surface area contributed by atoms with Crippen molar-refractivity contribution in [3.8, 4) is 5.75 Å². The van der Waals surface area contributed by atoms with Crippen LogP contribution in [0.1, 0.15) is 6.92 Å². The quantitative estimate of drug-likeness (QED) is 0.469. The van der Waals surface area contributed by atoms with Gasteiger partial charge in [0, 0.05) is 19.7 Å². The Labute approximate surface area is 113 Å². The predicted octanol–water partition coefficient (Wildman–Crippen LogP) is 1.94. The minimum absolute atomic E-state index is 0.107. The third-order valence-electron chi connectivity index (χ3n) is 2.33. The van der Waals surface area contributed by atoms with Crippen LogP contribution in [-0.4, -0.2) is 32.2 Å². The molecule has 5 heteroatoms. The molecule has 0 aliphatic carbocycles. The maximum atomic E-state index is 13.0. The number of rotatable bonds is 6. The van der Waals surface area contributed by atoms with Crippen LogP contribution in [0, 0.1) is 5.82 Å². The van der Waals surface area contributed by atoms with Crippen LogP contribution in [-0.2, 0) is 0 Å². The summed E-state index contributed by atoms with van der Waals surface area (Å²) in [7, 11) is 1.69. The minimum Gasteiger partial charge on any atom is -0.489 e. The Morgan fingerprint density at radius 3 is 2.95 bits per heavy atom. The van der Waals surface area contributed by atoms with Crippen molar-refractivity contribution in [2.75, 3.05) is 20.1 Å². The van der Waals surface area contributed by atoms with E-state index in [0.29, 0.717) is 24.8 Å². The second-order valence-electron chi connectivity index (χ2n) is 4.01. The third-order valence-corrected chi connectivity index (χ3v) is 2.33. The van der Waals surface area contributed by atoms with E-state index in [9.17, 15) is 4.39 Å². The van der Waals surface area contributed by atoms with Gasteiger partial charge in [0.25, 0.3) is 0 Å². The van der Waals surface area contributed by atoms with Crippen molar-refractivity contribution in [1.82, 2.24) is 10.6 Å². The average Bonchev–Trinajstić information content (AvgIpc) is 2.39. The van der Waals surface area contributed by atoms with E-state index >= 15 is 0 Å². The van der Waals surface area contributed by atoms with E-state index < -0.39 is 0 Å². The predicted molar refractivity (Wildman–Crippen MR) is 76.1 cm³/mol. The van der Waals surface area contributed by atoms with Gasteiger partial charge in [0.05, 0.1) is 6.54 Å². The highest BCUT2D eigenvalue weighted by Crippen LogP contribution is 2.13. The lowest BCUT2D eigenvalue weighted by atomic mass is 10.3. The maximum Gasteiger partial charge on any atom is 0.191 e. The molecule has 19 heavy (non-hydrogen) atoms. The van der Waals surface area contributed by atoms with Gasteiger partial charge in [-0.3, -0.25) is 4.99 Å². The number of benzene rings is 1. The standard InChI is InChI=1S/C14H20FN3O/c1-4-8-17-14(16-3)18-10-11(2)19-13-7-5-6-12(15)9-13/h4-7,9,11H,1,8,10H2,2-3H3,(H2,16,17,18). The van der Waals surface area contributed by atoms with Gasteiger partial charge in [-0.2, -0.15) is 0 Å². The number of nitrogens with one attached hydrogen (secondary N) is 2. The molecule has 0 saturated carbocycles. The smallest absolute Gasteiger partial charge is 0.191 e. The highest BCUT2D eigenvalue weighted by Gasteiger charge is 2.05. The first-order valence-electron chi connectivity index (χ1n) is 6.13. The molecule has 0 amide bonds. The van der Waals surface area contributed by atoms with Crippen molar-refractivity contribution in [2.24, 2.45) is 4.99 Å². The van der Waals surface area contributed by atoms with E-state index in [-0.39, 0.29) is 11.9 Å². The zero-order valence-corrected chi connectivity index (χ0v) is 11.3. The van der Waals surface area contributed by atoms with E-state index in [4.69, 9.17) is 4.74 Å². The first-order valence-corrected chi connectivity index (χ1v) is 6.13. The number of aliphatic imine (C=N–C) groups is 1. The van der Waals surface area contributed by atoms with Gasteiger partial charge in [0.1, 0.15) is 17.7 Å². The van der Waals surface area contributed by atoms with Gasteiger partial charge in [-0.25, -0.2) is 4.39 Å². The van der Waals surface area contributed by atoms with Gasteiger partial charge in [-0.15, -0.1) is 6.58 Å². The zero-order chi connectivity index (χ0) is 14.1. The zero-order valence-electron chi connectivity index (χ0n) is 11.3. The van der Waals surface area contributed by atoms with Crippen molar-refractivity contribution in [3.63, 3.8) is 0 Å². The molecule has 1 unspecified atom stereocenters. The Morgan fingerprint density at radius 2 is 2.32 bits per heavy atom. The van der Waals surface area contributed by atoms with Crippen LogP contribution >= 0.6 is 0 Å². The molecule has 0 saturated heterocycles. The number of hydrogen-bond donors (Lipinski definition) is 2. The van der Waals surface area contributed by atoms with Crippen molar-refractivity contribution in [3.05, 3.63) is 42.7 Å². The fourth-order valence-electron chi connectivity index (χ4n) is 1.44. The van der Waals surface area contributed by atoms with Gasteiger partial charge in [-0.05, 0) is 19.1 Å². The molecule has 1 aromatic carbocycles. The first-order chi connectivity index (χ1) is 9.15. The lowest BCUT2D eigenvalue weighted by Crippen LogP contribution is -2.41. The van der Waals surface area contributed by atoms with E-state index in [2.05, 4.69) is 22.2 Å². The fourth-order valence-corrected chi connectivity index (χ4v) is 1.44. The number of halogens is 1. The molecule has 2 N–H and O–H groups in total. The molecule has 0 bridgehead atoms. The molecule has 1 aromatic rings. The van der Waals surface area contributed by atoms with E-state index in [1.54, 1.807) is 25.3 Å². The Hall–Kier alpha value is -2.04. The second kappa shape index (κ2) is 8.13. The molecule has 0 spiro atoms. The van der Waals surface area contributed by atoms with Gasteiger partial charge in [0.15, 0.2) is 5.96 Å². The summed E-state index contributed by atoms with van der Waals surface area (Å²) in [5.74, 6) is 0.888. The van der Waals surface area contributed by atoms with Crippen molar-refractivity contribution >= 4 is 5.96 Å². The Kier molecular flexibility index (Phi) is 6.43. The van der Waals surface area contributed by atoms with Crippen LogP contribution < -0.4 is 15.4 Å². The molecule has 0 radical (unpaired) electrons. The molecule has 1 rings (SSSR count). The Balaban J connectivity index is 2.38. The minimum atomic E-state index is -0.305. The summed E-state index contributed by atoms with van der Waals surface area (Å²) in [5.41, 5.74) is 0. The number of guanidine groups is 1. The average molecular weight is 265 g/mol. The molecule has 0 heterocycles. The normalized spacial score (nSPS) is 12.7. The van der Waals surface area contributed by atoms with E-state index in [0.717, 1.165) is 0 Å². The first kappa shape index (κ1) is 15.0. The topological polar surface area (TPSA) is 45.7 Å². The molecular formula is C14H20FN3O. The number of hydrogen-bond acceptors (Lipinski definition) is 2. The summed E-state index contributed by atoms with van der Waals surface area (Å²) in [5, 5.41) is 6.16. The van der Waals surface area contributed by atoms with Crippen molar-refractivity contribution in [1.29, 1.82) is 0 Å². The van der Waals surface area contributed by atoms with E-state index in [1.807, 2.05) is 6.92 Å². The van der Waals surface area contributed by atoms with Crippen LogP contribution in [0.2, 0.25) is 0 Å². The third kappa shape index (κ3) is 5.90. The van der Waals surface area contributed by atoms with Gasteiger partial charge >= 0.3 is 0 Å². The summed E-state index contributed by atoms with van der Waals surface area (Å²) in [4.78, 5) is 4.05. The monoisotopic (exact) mass is 265 g/mol. The van der Waals surface area contributed by atoms with Crippen LogP contribution in [0.4, 0.5) is 4.39 Å². The lowest BCUT2D eigenvalue weighted by Gasteiger charge is -2.17. The van der Waals surface area contributed by atoms with Crippen molar-refractivity contribution in [2.45, 2.75) is 13.0 Å². The van der Waals surface area contributed by atoms with E-state index in [1.165, 1.54) is 12.1 Å². The number of ether oxygens (including phenoxy) is 1. The van der Waals surface area contributed by atoms with Crippen LogP contribution in [0.25, 0.3) is 0 Å². The molecule has 0 aromatic heterocycles. The van der Waals surface area contributed by atoms with Gasteiger partial charge in [0.2, 0.25) is 0 Å². The summed E-state index contributed by atoms with van der Waals surface area (Å²) in [6, 6.07) is 6.10. The van der Waals surface area contributed by atoms with Gasteiger partial charge in [-0.1, -0.05) is 12.1 Å². The molecule has 4 nitrogen and oxygen atoms in total. The summed E-state index contributed by atoms with van der Waals surface area (Å²) < 4.78 is 18.6.